The van der Waals surface area contributed by atoms with Crippen LogP contribution in [0.1, 0.15) is 20.8 Å². The highest BCUT2D eigenvalue weighted by atomic mass is 16.5. The molecule has 0 radical (unpaired) electrons. The molecule has 1 saturated heterocycles. The van der Waals surface area contributed by atoms with Gasteiger partial charge in [-0.2, -0.15) is 0 Å². The fourth-order valence-electron chi connectivity index (χ4n) is 1.66. The Balaban J connectivity index is 2.35. The van der Waals surface area contributed by atoms with E-state index >= 15 is 0 Å². The molecule has 1 rings (SSSR count). The maximum absolute atomic E-state index is 11.7. The van der Waals surface area contributed by atoms with Crippen molar-refractivity contribution >= 4 is 12.0 Å². The number of hydrogen-bond acceptors (Lipinski definition) is 4. The molecule has 0 saturated carbocycles. The molecule has 6 nitrogen and oxygen atoms in total. The maximum atomic E-state index is 11.7. The molecule has 1 aliphatic rings. The average molecular weight is 244 g/mol. The van der Waals surface area contributed by atoms with E-state index in [9.17, 15) is 9.59 Å². The summed E-state index contributed by atoms with van der Waals surface area (Å²) in [5, 5.41) is 2.53. The van der Waals surface area contributed by atoms with Gasteiger partial charge >= 0.3 is 12.0 Å². The summed E-state index contributed by atoms with van der Waals surface area (Å²) in [4.78, 5) is 24.5. The number of ether oxygens (including phenoxy) is 2. The van der Waals surface area contributed by atoms with Crippen LogP contribution in [0.4, 0.5) is 4.79 Å². The number of morpholine rings is 1. The van der Waals surface area contributed by atoms with Crippen molar-refractivity contribution in [3.8, 4) is 0 Å². The fraction of sp³-hybridized carbons (Fsp3) is 0.818. The van der Waals surface area contributed by atoms with Gasteiger partial charge in [0.05, 0.1) is 25.4 Å². The van der Waals surface area contributed by atoms with E-state index in [1.165, 1.54) is 0 Å². The molecule has 1 N–H and O–H groups in total. The van der Waals surface area contributed by atoms with Gasteiger partial charge in [-0.25, -0.2) is 4.79 Å². The van der Waals surface area contributed by atoms with Crippen LogP contribution in [0.5, 0.6) is 0 Å². The molecule has 1 aliphatic heterocycles. The van der Waals surface area contributed by atoms with Crippen molar-refractivity contribution in [2.75, 3.05) is 32.8 Å². The minimum absolute atomic E-state index is 0.0928. The monoisotopic (exact) mass is 244 g/mol. The van der Waals surface area contributed by atoms with Gasteiger partial charge in [0.25, 0.3) is 0 Å². The van der Waals surface area contributed by atoms with Crippen LogP contribution < -0.4 is 5.32 Å². The van der Waals surface area contributed by atoms with Crippen molar-refractivity contribution < 1.29 is 19.1 Å². The minimum atomic E-state index is -0.423. The molecule has 0 aromatic heterocycles. The lowest BCUT2D eigenvalue weighted by Crippen LogP contribution is -2.54. The van der Waals surface area contributed by atoms with Gasteiger partial charge in [-0.1, -0.05) is 0 Å². The summed E-state index contributed by atoms with van der Waals surface area (Å²) >= 11 is 0. The predicted octanol–water partition coefficient (Wildman–Crippen LogP) is 0.370. The first-order valence-corrected chi connectivity index (χ1v) is 5.77. The topological polar surface area (TPSA) is 67.9 Å². The third-order valence-electron chi connectivity index (χ3n) is 2.40. The van der Waals surface area contributed by atoms with Crippen LogP contribution in [0.3, 0.4) is 0 Å². The first kappa shape index (κ1) is 13.8. The highest BCUT2D eigenvalue weighted by Gasteiger charge is 2.29. The predicted molar refractivity (Wildman–Crippen MR) is 61.6 cm³/mol. The van der Waals surface area contributed by atoms with E-state index in [2.05, 4.69) is 5.32 Å². The molecule has 0 aromatic rings. The van der Waals surface area contributed by atoms with Gasteiger partial charge in [0.15, 0.2) is 0 Å². The number of rotatable bonds is 3. The van der Waals surface area contributed by atoms with E-state index in [4.69, 9.17) is 9.47 Å². The van der Waals surface area contributed by atoms with Crippen molar-refractivity contribution in [3.63, 3.8) is 0 Å². The van der Waals surface area contributed by atoms with Crippen LogP contribution in [0, 0.1) is 0 Å². The van der Waals surface area contributed by atoms with Crippen LogP contribution in [0.2, 0.25) is 0 Å². The lowest BCUT2D eigenvalue weighted by atomic mass is 10.1. The van der Waals surface area contributed by atoms with E-state index in [1.54, 1.807) is 11.8 Å². The third-order valence-corrected chi connectivity index (χ3v) is 2.40. The minimum Gasteiger partial charge on any atom is -0.465 e. The van der Waals surface area contributed by atoms with Crippen molar-refractivity contribution in [1.82, 2.24) is 10.2 Å². The molecule has 0 atom stereocenters. The molecule has 0 aromatic carbocycles. The standard InChI is InChI=1S/C11H20N2O4/c1-4-16-9(14)7-12-10(15)13-5-6-17-11(2,3)8-13/h4-8H2,1-3H3,(H,12,15). The zero-order valence-corrected chi connectivity index (χ0v) is 10.6. The Morgan fingerprint density at radius 1 is 1.47 bits per heavy atom. The van der Waals surface area contributed by atoms with Gasteiger partial charge in [-0.05, 0) is 20.8 Å². The second-order valence-corrected chi connectivity index (χ2v) is 4.49. The molecule has 6 heteroatoms. The lowest BCUT2D eigenvalue weighted by Gasteiger charge is -2.37. The van der Waals surface area contributed by atoms with Crippen LogP contribution in [-0.4, -0.2) is 55.3 Å². The molecule has 0 aliphatic carbocycles. The van der Waals surface area contributed by atoms with Gasteiger partial charge in [0, 0.05) is 6.54 Å². The number of esters is 1. The molecule has 0 bridgehead atoms. The Kier molecular flexibility index (Phi) is 4.74. The molecule has 1 fully saturated rings. The van der Waals surface area contributed by atoms with Crippen LogP contribution in [0.25, 0.3) is 0 Å². The van der Waals surface area contributed by atoms with E-state index in [0.29, 0.717) is 26.3 Å². The number of carbonyl (C=O) groups excluding carboxylic acids is 2. The van der Waals surface area contributed by atoms with E-state index in [0.717, 1.165) is 0 Å². The Morgan fingerprint density at radius 3 is 2.76 bits per heavy atom. The largest absolute Gasteiger partial charge is 0.465 e. The second-order valence-electron chi connectivity index (χ2n) is 4.49. The SMILES string of the molecule is CCOC(=O)CNC(=O)N1CCOC(C)(C)C1. The molecule has 0 unspecified atom stereocenters. The van der Waals surface area contributed by atoms with Gasteiger partial charge in [-0.15, -0.1) is 0 Å². The van der Waals surface area contributed by atoms with E-state index < -0.39 is 5.97 Å². The van der Waals surface area contributed by atoms with Crippen molar-refractivity contribution in [3.05, 3.63) is 0 Å². The molecular weight excluding hydrogens is 224 g/mol. The summed E-state index contributed by atoms with van der Waals surface area (Å²) in [7, 11) is 0. The van der Waals surface area contributed by atoms with Crippen molar-refractivity contribution in [2.45, 2.75) is 26.4 Å². The molecular formula is C11H20N2O4. The molecule has 1 heterocycles. The average Bonchev–Trinajstić information content (AvgIpc) is 2.25. The fourth-order valence-corrected chi connectivity index (χ4v) is 1.66. The van der Waals surface area contributed by atoms with Crippen molar-refractivity contribution in [1.29, 1.82) is 0 Å². The number of carbonyl (C=O) groups is 2. The van der Waals surface area contributed by atoms with Gasteiger partial charge < -0.3 is 19.7 Å². The zero-order chi connectivity index (χ0) is 12.9. The van der Waals surface area contributed by atoms with Gasteiger partial charge in [0.2, 0.25) is 0 Å². The first-order valence-electron chi connectivity index (χ1n) is 5.77. The second kappa shape index (κ2) is 5.86. The molecule has 2 amide bonds. The quantitative estimate of drug-likeness (QED) is 0.728. The third kappa shape index (κ3) is 4.60. The number of urea groups is 1. The summed E-state index contributed by atoms with van der Waals surface area (Å²) in [6.45, 7) is 7.38. The zero-order valence-electron chi connectivity index (χ0n) is 10.6. The lowest BCUT2D eigenvalue weighted by molar-refractivity contribution is -0.141. The summed E-state index contributed by atoms with van der Waals surface area (Å²) < 4.78 is 10.2. The Labute approximate surface area is 101 Å². The smallest absolute Gasteiger partial charge is 0.325 e. The maximum Gasteiger partial charge on any atom is 0.325 e. The molecule has 98 valence electrons. The molecule has 0 spiro atoms. The number of nitrogens with one attached hydrogen (secondary N) is 1. The van der Waals surface area contributed by atoms with Gasteiger partial charge in [-0.3, -0.25) is 4.79 Å². The summed E-state index contributed by atoms with van der Waals surface area (Å²) in [6.07, 6.45) is 0. The van der Waals surface area contributed by atoms with Gasteiger partial charge in [0.1, 0.15) is 6.54 Å². The highest BCUT2D eigenvalue weighted by Crippen LogP contribution is 2.16. The number of hydrogen-bond donors (Lipinski definition) is 1. The highest BCUT2D eigenvalue weighted by molar-refractivity contribution is 5.80. The Bertz CT molecular complexity index is 291. The van der Waals surface area contributed by atoms with Crippen LogP contribution in [-0.2, 0) is 14.3 Å². The van der Waals surface area contributed by atoms with Crippen molar-refractivity contribution in [2.24, 2.45) is 0 Å². The summed E-state index contributed by atoms with van der Waals surface area (Å²) in [6, 6.07) is -0.255. The summed E-state index contributed by atoms with van der Waals surface area (Å²) in [5.41, 5.74) is -0.334. The number of nitrogens with zero attached hydrogens (tertiary/aromatic N) is 1. The van der Waals surface area contributed by atoms with E-state index in [1.807, 2.05) is 13.8 Å². The van der Waals surface area contributed by atoms with E-state index in [-0.39, 0.29) is 18.2 Å². The van der Waals surface area contributed by atoms with Crippen LogP contribution >= 0.6 is 0 Å². The summed E-state index contributed by atoms with van der Waals surface area (Å²) in [5.74, 6) is -0.423. The van der Waals surface area contributed by atoms with Crippen LogP contribution in [0.15, 0.2) is 0 Å². The normalized spacial score (nSPS) is 18.6. The Hall–Kier alpha value is -1.30. The Morgan fingerprint density at radius 2 is 2.18 bits per heavy atom. The molecule has 17 heavy (non-hydrogen) atoms. The first-order chi connectivity index (χ1) is 7.94. The number of amides is 2.